The first kappa shape index (κ1) is 21.4. The first-order valence-corrected chi connectivity index (χ1v) is 10.5. The molecule has 0 bridgehead atoms. The van der Waals surface area contributed by atoms with Crippen LogP contribution in [-0.4, -0.2) is 32.7 Å². The number of alkyl halides is 2. The maximum absolute atomic E-state index is 13.7. The van der Waals surface area contributed by atoms with Crippen molar-refractivity contribution in [2.24, 2.45) is 0 Å². The maximum Gasteiger partial charge on any atom is 0.388 e. The Bertz CT molecular complexity index is 1550. The molecule has 0 aliphatic heterocycles. The molecule has 5 rings (SSSR count). The molecule has 0 atom stereocenters. The molecule has 0 aliphatic carbocycles. The largest absolute Gasteiger partial charge is 0.478 e. The second kappa shape index (κ2) is 8.86. The number of fused-ring (bicyclic) bond motifs is 2. The Morgan fingerprint density at radius 3 is 2.62 bits per heavy atom. The van der Waals surface area contributed by atoms with Crippen molar-refractivity contribution < 1.29 is 18.3 Å². The molecule has 0 saturated heterocycles. The van der Waals surface area contributed by atoms with Crippen LogP contribution in [-0.2, 0) is 0 Å². The van der Waals surface area contributed by atoms with E-state index < -0.39 is 6.61 Å². The molecular weight excluding hydrogens is 442 g/mol. The van der Waals surface area contributed by atoms with Crippen molar-refractivity contribution >= 4 is 21.8 Å². The quantitative estimate of drug-likeness (QED) is 0.355. The van der Waals surface area contributed by atoms with Crippen LogP contribution in [0.1, 0.15) is 6.92 Å². The van der Waals surface area contributed by atoms with Crippen molar-refractivity contribution in [3.63, 3.8) is 0 Å². The van der Waals surface area contributed by atoms with Crippen molar-refractivity contribution in [1.82, 2.24) is 19.5 Å². The van der Waals surface area contributed by atoms with Gasteiger partial charge < -0.3 is 9.47 Å². The molecule has 5 aromatic rings. The summed E-state index contributed by atoms with van der Waals surface area (Å²) >= 11 is 0. The van der Waals surface area contributed by atoms with Crippen molar-refractivity contribution in [2.45, 2.75) is 13.5 Å². The lowest BCUT2D eigenvalue weighted by Crippen LogP contribution is -2.20. The minimum atomic E-state index is -2.99. The summed E-state index contributed by atoms with van der Waals surface area (Å²) < 4.78 is 36.5. The summed E-state index contributed by atoms with van der Waals surface area (Å²) in [7, 11) is 0. The third kappa shape index (κ3) is 4.03. The van der Waals surface area contributed by atoms with Gasteiger partial charge in [-0.05, 0) is 43.3 Å². The highest BCUT2D eigenvalue weighted by atomic mass is 19.3. The SMILES string of the molecule is CCOc1ccc2cn(-c3ccc4ncccc4c3)c(=O)c(-c3ccc(OC(F)F)nc3)c2n1. The highest BCUT2D eigenvalue weighted by Gasteiger charge is 2.17. The van der Waals surface area contributed by atoms with Gasteiger partial charge in [0.15, 0.2) is 0 Å². The lowest BCUT2D eigenvalue weighted by Gasteiger charge is -2.14. The Balaban J connectivity index is 1.74. The Labute approximate surface area is 192 Å². The van der Waals surface area contributed by atoms with Crippen LogP contribution in [0.2, 0.25) is 0 Å². The highest BCUT2D eigenvalue weighted by molar-refractivity contribution is 5.93. The minimum Gasteiger partial charge on any atom is -0.478 e. The second-order valence-electron chi connectivity index (χ2n) is 7.34. The summed E-state index contributed by atoms with van der Waals surface area (Å²) in [5.74, 6) is 0.125. The summed E-state index contributed by atoms with van der Waals surface area (Å²) in [6.45, 7) is -0.742. The average Bonchev–Trinajstić information content (AvgIpc) is 2.84. The second-order valence-corrected chi connectivity index (χ2v) is 7.34. The monoisotopic (exact) mass is 460 g/mol. The van der Waals surface area contributed by atoms with Crippen molar-refractivity contribution in [3.05, 3.63) is 83.5 Å². The molecule has 0 radical (unpaired) electrons. The third-order valence-electron chi connectivity index (χ3n) is 5.23. The van der Waals surface area contributed by atoms with Crippen LogP contribution in [0.25, 0.3) is 38.6 Å². The normalized spacial score (nSPS) is 11.3. The van der Waals surface area contributed by atoms with E-state index in [1.54, 1.807) is 18.5 Å². The Morgan fingerprint density at radius 2 is 1.85 bits per heavy atom. The van der Waals surface area contributed by atoms with Gasteiger partial charge in [-0.1, -0.05) is 6.07 Å². The number of hydrogen-bond acceptors (Lipinski definition) is 6. The summed E-state index contributed by atoms with van der Waals surface area (Å²) in [6, 6.07) is 15.6. The molecule has 0 saturated carbocycles. The molecule has 0 unspecified atom stereocenters. The zero-order valence-corrected chi connectivity index (χ0v) is 18.0. The predicted octanol–water partition coefficient (Wildman–Crippen LogP) is 5.00. The van der Waals surface area contributed by atoms with Gasteiger partial charge in [-0.15, -0.1) is 0 Å². The molecule has 0 spiro atoms. The number of pyridine rings is 4. The molecule has 170 valence electrons. The molecule has 4 aromatic heterocycles. The summed E-state index contributed by atoms with van der Waals surface area (Å²) in [5, 5.41) is 1.57. The van der Waals surface area contributed by atoms with Gasteiger partial charge in [0.25, 0.3) is 5.56 Å². The molecule has 1 aromatic carbocycles. The first-order chi connectivity index (χ1) is 16.5. The van der Waals surface area contributed by atoms with Gasteiger partial charge in [0, 0.05) is 52.7 Å². The van der Waals surface area contributed by atoms with Crippen LogP contribution in [0.5, 0.6) is 11.8 Å². The van der Waals surface area contributed by atoms with E-state index in [-0.39, 0.29) is 17.0 Å². The standard InChI is InChI=1S/C25H18F2N4O3/c1-2-33-21-10-6-17-14-31(18-7-8-19-15(12-18)4-3-11-28-19)24(32)22(23(17)30-21)16-5-9-20(29-13-16)34-25(26)27/h3-14,25H,2H2,1H3. The Kier molecular flexibility index (Phi) is 5.59. The number of aromatic nitrogens is 4. The van der Waals surface area contributed by atoms with Crippen LogP contribution in [0.3, 0.4) is 0 Å². The van der Waals surface area contributed by atoms with E-state index in [1.165, 1.54) is 22.9 Å². The number of hydrogen-bond donors (Lipinski definition) is 0. The van der Waals surface area contributed by atoms with E-state index in [1.807, 2.05) is 43.3 Å². The average molecular weight is 460 g/mol. The number of nitrogens with zero attached hydrogens (tertiary/aromatic N) is 4. The van der Waals surface area contributed by atoms with Crippen LogP contribution >= 0.6 is 0 Å². The van der Waals surface area contributed by atoms with Crippen molar-refractivity contribution in [1.29, 1.82) is 0 Å². The van der Waals surface area contributed by atoms with Gasteiger partial charge in [0.2, 0.25) is 11.8 Å². The zero-order valence-electron chi connectivity index (χ0n) is 18.0. The Hall–Kier alpha value is -4.40. The van der Waals surface area contributed by atoms with E-state index >= 15 is 0 Å². The fourth-order valence-corrected chi connectivity index (χ4v) is 3.76. The van der Waals surface area contributed by atoms with Crippen molar-refractivity contribution in [2.75, 3.05) is 6.61 Å². The van der Waals surface area contributed by atoms with Crippen molar-refractivity contribution in [3.8, 4) is 28.6 Å². The first-order valence-electron chi connectivity index (χ1n) is 10.5. The van der Waals surface area contributed by atoms with Crippen LogP contribution in [0.4, 0.5) is 8.78 Å². The molecule has 0 amide bonds. The summed E-state index contributed by atoms with van der Waals surface area (Å²) in [4.78, 5) is 26.5. The van der Waals surface area contributed by atoms with E-state index in [2.05, 4.69) is 19.7 Å². The van der Waals surface area contributed by atoms with Gasteiger partial charge in [0.1, 0.15) is 0 Å². The maximum atomic E-state index is 13.7. The molecule has 34 heavy (non-hydrogen) atoms. The molecule has 0 aliphatic rings. The predicted molar refractivity (Wildman–Crippen MR) is 124 cm³/mol. The number of benzene rings is 1. The van der Waals surface area contributed by atoms with Crippen LogP contribution < -0.4 is 15.0 Å². The number of rotatable bonds is 6. The summed E-state index contributed by atoms with van der Waals surface area (Å²) in [6.07, 6.45) is 4.74. The van der Waals surface area contributed by atoms with Gasteiger partial charge >= 0.3 is 6.61 Å². The van der Waals surface area contributed by atoms with Gasteiger partial charge in [-0.2, -0.15) is 8.78 Å². The van der Waals surface area contributed by atoms with Gasteiger partial charge in [-0.3, -0.25) is 14.3 Å². The van der Waals surface area contributed by atoms with Crippen LogP contribution in [0, 0.1) is 0 Å². The van der Waals surface area contributed by atoms with Gasteiger partial charge in [-0.25, -0.2) is 9.97 Å². The summed E-state index contributed by atoms with van der Waals surface area (Å²) in [5.41, 5.74) is 2.20. The number of ether oxygens (including phenoxy) is 2. The van der Waals surface area contributed by atoms with E-state index in [4.69, 9.17) is 4.74 Å². The van der Waals surface area contributed by atoms with Crippen LogP contribution in [0.15, 0.2) is 78.0 Å². The lowest BCUT2D eigenvalue weighted by atomic mass is 10.1. The minimum absolute atomic E-state index is 0.246. The number of halogens is 2. The van der Waals surface area contributed by atoms with E-state index in [0.717, 1.165) is 10.9 Å². The zero-order chi connectivity index (χ0) is 23.7. The lowest BCUT2D eigenvalue weighted by molar-refractivity contribution is -0.0528. The van der Waals surface area contributed by atoms with E-state index in [0.29, 0.717) is 34.6 Å². The topological polar surface area (TPSA) is 79.1 Å². The molecule has 9 heteroatoms. The third-order valence-corrected chi connectivity index (χ3v) is 5.23. The molecular formula is C25H18F2N4O3. The highest BCUT2D eigenvalue weighted by Crippen LogP contribution is 2.28. The van der Waals surface area contributed by atoms with E-state index in [9.17, 15) is 13.6 Å². The molecule has 4 heterocycles. The fourth-order valence-electron chi connectivity index (χ4n) is 3.76. The molecule has 0 N–H and O–H groups in total. The molecule has 7 nitrogen and oxygen atoms in total. The Morgan fingerprint density at radius 1 is 1.00 bits per heavy atom. The van der Waals surface area contributed by atoms with Gasteiger partial charge in [0.05, 0.1) is 23.2 Å². The molecule has 0 fully saturated rings. The fraction of sp³-hybridized carbons (Fsp3) is 0.120. The smallest absolute Gasteiger partial charge is 0.388 e.